The zero-order valence-corrected chi connectivity index (χ0v) is 17.8. The number of oxazole rings is 1. The minimum atomic E-state index is -3.57. The molecular formula is C20H24N4O5S. The van der Waals surface area contributed by atoms with Gasteiger partial charge in [-0.15, -0.1) is 0 Å². The van der Waals surface area contributed by atoms with Gasteiger partial charge in [0.2, 0.25) is 27.5 Å². The number of nitrogens with zero attached hydrogens (tertiary/aromatic N) is 4. The topological polar surface area (TPSA) is 109 Å². The summed E-state index contributed by atoms with van der Waals surface area (Å²) in [6.07, 6.45) is 0.0250. The lowest BCUT2D eigenvalue weighted by molar-refractivity contribution is -0.00638. The van der Waals surface area contributed by atoms with Crippen LogP contribution in [0.1, 0.15) is 19.5 Å². The first-order chi connectivity index (χ1) is 14.4. The molecule has 0 radical (unpaired) electrons. The summed E-state index contributed by atoms with van der Waals surface area (Å²) < 4.78 is 43.9. The van der Waals surface area contributed by atoms with Gasteiger partial charge in [-0.25, -0.2) is 8.42 Å². The van der Waals surface area contributed by atoms with E-state index < -0.39 is 10.0 Å². The monoisotopic (exact) mass is 432 g/mol. The second-order valence-corrected chi connectivity index (χ2v) is 9.43. The van der Waals surface area contributed by atoms with Crippen molar-refractivity contribution in [2.24, 2.45) is 0 Å². The van der Waals surface area contributed by atoms with Crippen LogP contribution in [0.4, 0.5) is 5.88 Å². The zero-order valence-electron chi connectivity index (χ0n) is 16.9. The van der Waals surface area contributed by atoms with Gasteiger partial charge in [-0.1, -0.05) is 0 Å². The maximum Gasteiger partial charge on any atom is 0.243 e. The van der Waals surface area contributed by atoms with Gasteiger partial charge in [-0.3, -0.25) is 0 Å². The van der Waals surface area contributed by atoms with Gasteiger partial charge in [0.1, 0.15) is 6.07 Å². The fourth-order valence-electron chi connectivity index (χ4n) is 3.77. The number of ether oxygens (including phenoxy) is 2. The highest BCUT2D eigenvalue weighted by Gasteiger charge is 2.29. The van der Waals surface area contributed by atoms with Crippen molar-refractivity contribution in [1.29, 1.82) is 5.26 Å². The Labute approximate surface area is 175 Å². The quantitative estimate of drug-likeness (QED) is 0.720. The second kappa shape index (κ2) is 8.35. The van der Waals surface area contributed by atoms with Gasteiger partial charge in [0, 0.05) is 31.7 Å². The van der Waals surface area contributed by atoms with Crippen molar-refractivity contribution in [1.82, 2.24) is 9.29 Å². The van der Waals surface area contributed by atoms with E-state index in [1.54, 1.807) is 12.1 Å². The van der Waals surface area contributed by atoms with E-state index in [1.165, 1.54) is 16.4 Å². The minimum absolute atomic E-state index is 0.0125. The third-order valence-corrected chi connectivity index (χ3v) is 7.04. The molecule has 0 unspecified atom stereocenters. The molecule has 30 heavy (non-hydrogen) atoms. The average molecular weight is 433 g/mol. The average Bonchev–Trinajstić information content (AvgIpc) is 3.18. The van der Waals surface area contributed by atoms with Gasteiger partial charge >= 0.3 is 0 Å². The predicted octanol–water partition coefficient (Wildman–Crippen LogP) is 1.85. The molecule has 2 aliphatic rings. The molecule has 0 aliphatic carbocycles. The van der Waals surface area contributed by atoms with Crippen LogP contribution >= 0.6 is 0 Å². The lowest BCUT2D eigenvalue weighted by atomic mass is 10.2. The Morgan fingerprint density at radius 2 is 1.73 bits per heavy atom. The number of benzene rings is 1. The first-order valence-corrected chi connectivity index (χ1v) is 11.3. The number of morpholine rings is 2. The van der Waals surface area contributed by atoms with Gasteiger partial charge in [0.25, 0.3) is 0 Å². The molecule has 1 aromatic heterocycles. The van der Waals surface area contributed by atoms with E-state index in [-0.39, 0.29) is 28.7 Å². The van der Waals surface area contributed by atoms with E-state index in [0.717, 1.165) is 0 Å². The van der Waals surface area contributed by atoms with Gasteiger partial charge in [-0.2, -0.15) is 14.6 Å². The van der Waals surface area contributed by atoms with Crippen LogP contribution in [0.15, 0.2) is 33.6 Å². The van der Waals surface area contributed by atoms with Crippen LogP contribution in [-0.2, 0) is 19.5 Å². The summed E-state index contributed by atoms with van der Waals surface area (Å²) in [5.41, 5.74) is 0.810. The number of nitriles is 1. The first kappa shape index (κ1) is 20.8. The van der Waals surface area contributed by atoms with E-state index in [9.17, 15) is 13.7 Å². The third-order valence-electron chi connectivity index (χ3n) is 5.13. The lowest BCUT2D eigenvalue weighted by Gasteiger charge is -2.34. The van der Waals surface area contributed by atoms with Crippen molar-refractivity contribution in [2.45, 2.75) is 31.0 Å². The van der Waals surface area contributed by atoms with E-state index in [2.05, 4.69) is 11.1 Å². The number of hydrogen-bond acceptors (Lipinski definition) is 8. The molecule has 0 N–H and O–H groups in total. The summed E-state index contributed by atoms with van der Waals surface area (Å²) >= 11 is 0. The van der Waals surface area contributed by atoms with Crippen LogP contribution < -0.4 is 4.90 Å². The Balaban J connectivity index is 1.59. The summed E-state index contributed by atoms with van der Waals surface area (Å²) in [7, 11) is -3.57. The third kappa shape index (κ3) is 4.06. The highest BCUT2D eigenvalue weighted by atomic mass is 32.2. The molecule has 4 rings (SSSR count). The maximum atomic E-state index is 12.8. The molecule has 2 atom stereocenters. The van der Waals surface area contributed by atoms with Crippen LogP contribution in [0.3, 0.4) is 0 Å². The van der Waals surface area contributed by atoms with Crippen LogP contribution in [0.5, 0.6) is 0 Å². The van der Waals surface area contributed by atoms with E-state index in [4.69, 9.17) is 13.9 Å². The second-order valence-electron chi connectivity index (χ2n) is 7.49. The van der Waals surface area contributed by atoms with Crippen molar-refractivity contribution in [3.8, 4) is 17.5 Å². The van der Waals surface area contributed by atoms with Crippen molar-refractivity contribution < 1.29 is 22.3 Å². The van der Waals surface area contributed by atoms with Crippen LogP contribution in [0.2, 0.25) is 0 Å². The molecule has 0 bridgehead atoms. The van der Waals surface area contributed by atoms with Crippen LogP contribution in [-0.4, -0.2) is 69.3 Å². The van der Waals surface area contributed by atoms with E-state index >= 15 is 0 Å². The van der Waals surface area contributed by atoms with Gasteiger partial charge in [-0.05, 0) is 38.1 Å². The molecule has 0 spiro atoms. The molecule has 3 heterocycles. The Bertz CT molecular complexity index is 1030. The Kier molecular flexibility index (Phi) is 5.79. The normalized spacial score (nSPS) is 23.3. The number of anilines is 1. The minimum Gasteiger partial charge on any atom is -0.419 e. The van der Waals surface area contributed by atoms with Gasteiger partial charge < -0.3 is 18.8 Å². The molecule has 2 saturated heterocycles. The lowest BCUT2D eigenvalue weighted by Crippen LogP contribution is -2.45. The standard InChI is InChI=1S/C20H24N4O5S/c1-14-12-23(13-15(2)28-14)20-18(11-21)22-19(29-20)16-3-5-17(6-4-16)30(25,26)24-7-9-27-10-8-24/h3-6,14-15H,7-10,12-13H2,1-2H3/t14-,15-/m0/s1. The number of aromatic nitrogens is 1. The molecule has 0 amide bonds. The highest BCUT2D eigenvalue weighted by molar-refractivity contribution is 7.89. The molecule has 2 aliphatic heterocycles. The van der Waals surface area contributed by atoms with Gasteiger partial charge in [0.15, 0.2) is 0 Å². The maximum absolute atomic E-state index is 12.8. The largest absolute Gasteiger partial charge is 0.419 e. The molecule has 160 valence electrons. The SMILES string of the molecule is C[C@H]1CN(c2oc(-c3ccc(S(=O)(=O)N4CCOCC4)cc3)nc2C#N)C[C@H](C)O1. The van der Waals surface area contributed by atoms with Crippen molar-refractivity contribution in [2.75, 3.05) is 44.3 Å². The molecule has 2 fully saturated rings. The Morgan fingerprint density at radius 1 is 1.10 bits per heavy atom. The summed E-state index contributed by atoms with van der Waals surface area (Å²) in [6.45, 7) is 6.62. The molecule has 9 nitrogen and oxygen atoms in total. The number of hydrogen-bond donors (Lipinski definition) is 0. The van der Waals surface area contributed by atoms with E-state index in [0.29, 0.717) is 50.8 Å². The van der Waals surface area contributed by atoms with Gasteiger partial charge in [0.05, 0.1) is 30.3 Å². The van der Waals surface area contributed by atoms with Crippen LogP contribution in [0.25, 0.3) is 11.5 Å². The van der Waals surface area contributed by atoms with Crippen molar-refractivity contribution in [3.63, 3.8) is 0 Å². The highest BCUT2D eigenvalue weighted by Crippen LogP contribution is 2.31. The molecule has 10 heteroatoms. The number of rotatable bonds is 4. The van der Waals surface area contributed by atoms with E-state index in [1.807, 2.05) is 18.7 Å². The number of sulfonamides is 1. The molecule has 1 aromatic carbocycles. The summed E-state index contributed by atoms with van der Waals surface area (Å²) in [6, 6.07) is 8.46. The van der Waals surface area contributed by atoms with Crippen molar-refractivity contribution >= 4 is 15.9 Å². The summed E-state index contributed by atoms with van der Waals surface area (Å²) in [5.74, 6) is 0.697. The first-order valence-electron chi connectivity index (χ1n) is 9.88. The molecular weight excluding hydrogens is 408 g/mol. The fraction of sp³-hybridized carbons (Fsp3) is 0.500. The zero-order chi connectivity index (χ0) is 21.3. The molecule has 0 saturated carbocycles. The predicted molar refractivity (Wildman–Crippen MR) is 108 cm³/mol. The fourth-order valence-corrected chi connectivity index (χ4v) is 5.18. The molecule has 2 aromatic rings. The Hall–Kier alpha value is -2.45. The Morgan fingerprint density at radius 3 is 2.33 bits per heavy atom. The summed E-state index contributed by atoms with van der Waals surface area (Å²) in [4.78, 5) is 6.49. The van der Waals surface area contributed by atoms with Crippen molar-refractivity contribution in [3.05, 3.63) is 30.0 Å². The smallest absolute Gasteiger partial charge is 0.243 e. The summed E-state index contributed by atoms with van der Waals surface area (Å²) in [5, 5.41) is 9.51. The van der Waals surface area contributed by atoms with Crippen LogP contribution in [0, 0.1) is 11.3 Å².